The van der Waals surface area contributed by atoms with Crippen LogP contribution in [-0.2, 0) is 23.9 Å². The highest BCUT2D eigenvalue weighted by Crippen LogP contribution is 2.38. The van der Waals surface area contributed by atoms with Gasteiger partial charge in [-0.25, -0.2) is 19.2 Å². The molecule has 0 aliphatic heterocycles. The summed E-state index contributed by atoms with van der Waals surface area (Å²) in [6, 6.07) is 0. The number of hydrogen-bond acceptors (Lipinski definition) is 5. The molecule has 0 amide bonds. The summed E-state index contributed by atoms with van der Waals surface area (Å²) in [6.07, 6.45) is 0. The van der Waals surface area contributed by atoms with Crippen molar-refractivity contribution >= 4 is 23.9 Å². The van der Waals surface area contributed by atoms with E-state index >= 15 is 0 Å². The summed E-state index contributed by atoms with van der Waals surface area (Å²) in [5.41, 5.74) is 0. The van der Waals surface area contributed by atoms with Crippen molar-refractivity contribution in [3.63, 3.8) is 0 Å². The van der Waals surface area contributed by atoms with Crippen LogP contribution in [0.4, 0.5) is 35.1 Å². The zero-order chi connectivity index (χ0) is 19.0. The van der Waals surface area contributed by atoms with E-state index in [9.17, 15) is 54.3 Å². The Kier molecular flexibility index (Phi) is 5.01. The van der Waals surface area contributed by atoms with Gasteiger partial charge in [0.1, 0.15) is 0 Å². The first kappa shape index (κ1) is 20.5. The summed E-state index contributed by atoms with van der Waals surface area (Å²) >= 11 is 0. The smallest absolute Gasteiger partial charge is 0.416 e. The molecule has 0 saturated heterocycles. The minimum atomic E-state index is -6.40. The molecule has 0 radical (unpaired) electrons. The highest BCUT2D eigenvalue weighted by Gasteiger charge is 2.72. The molecule has 23 heavy (non-hydrogen) atoms. The maximum atomic E-state index is 12.7. The van der Waals surface area contributed by atoms with E-state index in [1.54, 1.807) is 0 Å². The van der Waals surface area contributed by atoms with Crippen LogP contribution in [0.5, 0.6) is 0 Å². The van der Waals surface area contributed by atoms with E-state index in [4.69, 9.17) is 10.2 Å². The average molecular weight is 362 g/mol. The second-order valence-electron chi connectivity index (χ2n) is 3.58. The fourth-order valence-electron chi connectivity index (χ4n) is 0.737. The zero-order valence-electron chi connectivity index (χ0n) is 9.96. The van der Waals surface area contributed by atoms with Gasteiger partial charge in [-0.1, -0.05) is 0 Å². The minimum Gasteiger partial charge on any atom is -0.477 e. The summed E-state index contributed by atoms with van der Waals surface area (Å²) in [7, 11) is 0. The molecule has 0 saturated carbocycles. The fourth-order valence-corrected chi connectivity index (χ4v) is 0.737. The number of aliphatic carboxylic acids is 2. The van der Waals surface area contributed by atoms with E-state index < -0.39 is 47.6 Å². The van der Waals surface area contributed by atoms with Crippen molar-refractivity contribution in [2.24, 2.45) is 0 Å². The molecule has 7 nitrogen and oxygen atoms in total. The van der Waals surface area contributed by atoms with Gasteiger partial charge < -0.3 is 14.9 Å². The number of rotatable bonds is 6. The lowest BCUT2D eigenvalue weighted by Crippen LogP contribution is -2.57. The molecule has 0 heterocycles. The lowest BCUT2D eigenvalue weighted by molar-refractivity contribution is -0.248. The van der Waals surface area contributed by atoms with Gasteiger partial charge >= 0.3 is 47.6 Å². The van der Waals surface area contributed by atoms with Gasteiger partial charge in [-0.05, 0) is 0 Å². The molecule has 0 bridgehead atoms. The molecule has 0 spiro atoms. The molecule has 0 aliphatic carbocycles. The van der Waals surface area contributed by atoms with Gasteiger partial charge in [0.15, 0.2) is 0 Å². The Balaban J connectivity index is 5.53. The molecule has 0 rings (SSSR count). The van der Waals surface area contributed by atoms with Crippen LogP contribution >= 0.6 is 0 Å². The largest absolute Gasteiger partial charge is 0.477 e. The third-order valence-corrected chi connectivity index (χ3v) is 2.02. The molecule has 0 aliphatic rings. The fraction of sp³-hybridized carbons (Fsp3) is 0.500. The predicted molar refractivity (Wildman–Crippen MR) is 46.2 cm³/mol. The molecule has 0 aromatic heterocycles. The summed E-state index contributed by atoms with van der Waals surface area (Å²) in [4.78, 5) is 40.7. The quantitative estimate of drug-likeness (QED) is 0.407. The standard InChI is InChI=1S/C8H2F8O7/c9-5(10,1(17)18)7(13,14)3(21)23-4(22)8(15,16)6(11,12)2(19)20/h(H,17,18)(H,19,20). The highest BCUT2D eigenvalue weighted by atomic mass is 19.3. The van der Waals surface area contributed by atoms with E-state index in [0.29, 0.717) is 0 Å². The molecule has 0 aromatic carbocycles. The molecule has 0 aromatic rings. The van der Waals surface area contributed by atoms with Crippen molar-refractivity contribution in [1.29, 1.82) is 0 Å². The normalized spacial score (nSPS) is 13.4. The van der Waals surface area contributed by atoms with E-state index in [1.165, 1.54) is 0 Å². The number of hydrogen-bond donors (Lipinski definition) is 2. The number of carboxylic acids is 2. The SMILES string of the molecule is O=C(O)C(F)(F)C(F)(F)C(=O)OC(=O)C(F)(F)C(F)(F)C(=O)O. The van der Waals surface area contributed by atoms with E-state index in [-0.39, 0.29) is 0 Å². The predicted octanol–water partition coefficient (Wildman–Crippen LogP) is 0.767. The number of carboxylic acid groups (broad SMARTS) is 2. The second-order valence-corrected chi connectivity index (χ2v) is 3.58. The van der Waals surface area contributed by atoms with E-state index in [2.05, 4.69) is 4.74 Å². The topological polar surface area (TPSA) is 118 Å². The highest BCUT2D eigenvalue weighted by molar-refractivity contribution is 5.98. The van der Waals surface area contributed by atoms with Crippen molar-refractivity contribution < 1.29 is 69.3 Å². The van der Waals surface area contributed by atoms with Crippen LogP contribution in [0.25, 0.3) is 0 Å². The summed E-state index contributed by atoms with van der Waals surface area (Å²) in [5.74, 6) is -40.4. The molecular formula is C8H2F8O7. The second kappa shape index (κ2) is 5.62. The van der Waals surface area contributed by atoms with E-state index in [1.807, 2.05) is 0 Å². The third kappa shape index (κ3) is 3.16. The Labute approximate surface area is 118 Å². The minimum absolute atomic E-state index is 2.39. The van der Waals surface area contributed by atoms with Gasteiger partial charge in [0, 0.05) is 0 Å². The van der Waals surface area contributed by atoms with E-state index in [0.717, 1.165) is 0 Å². The summed E-state index contributed by atoms with van der Waals surface area (Å²) in [6.45, 7) is 0. The van der Waals surface area contributed by atoms with Gasteiger partial charge in [0.05, 0.1) is 0 Å². The lowest BCUT2D eigenvalue weighted by Gasteiger charge is -2.23. The molecule has 15 heteroatoms. The number of carbonyl (C=O) groups excluding carboxylic acids is 2. The van der Waals surface area contributed by atoms with Crippen LogP contribution < -0.4 is 0 Å². The van der Waals surface area contributed by atoms with Gasteiger partial charge in [0.25, 0.3) is 0 Å². The van der Waals surface area contributed by atoms with Gasteiger partial charge in [-0.2, -0.15) is 35.1 Å². The number of carbonyl (C=O) groups is 4. The number of ether oxygens (including phenoxy) is 1. The van der Waals surface area contributed by atoms with Crippen molar-refractivity contribution in [2.45, 2.75) is 23.7 Å². The first-order valence-electron chi connectivity index (χ1n) is 4.68. The molecule has 0 fully saturated rings. The molecule has 132 valence electrons. The van der Waals surface area contributed by atoms with Crippen molar-refractivity contribution in [2.75, 3.05) is 0 Å². The van der Waals surface area contributed by atoms with Crippen LogP contribution in [0.15, 0.2) is 0 Å². The van der Waals surface area contributed by atoms with Gasteiger partial charge in [0.2, 0.25) is 0 Å². The van der Waals surface area contributed by atoms with Gasteiger partial charge in [-0.15, -0.1) is 0 Å². The molecule has 2 N–H and O–H groups in total. The first-order valence-corrected chi connectivity index (χ1v) is 4.68. The van der Waals surface area contributed by atoms with Crippen LogP contribution in [0.3, 0.4) is 0 Å². The Morgan fingerprint density at radius 3 is 0.957 bits per heavy atom. The average Bonchev–Trinajstić information content (AvgIpc) is 2.37. The molecule has 0 unspecified atom stereocenters. The first-order chi connectivity index (χ1) is 9.94. The number of alkyl halides is 8. The maximum Gasteiger partial charge on any atom is 0.416 e. The van der Waals surface area contributed by atoms with Crippen molar-refractivity contribution in [3.8, 4) is 0 Å². The van der Waals surface area contributed by atoms with Crippen LogP contribution in [-0.4, -0.2) is 57.8 Å². The third-order valence-electron chi connectivity index (χ3n) is 2.02. The monoisotopic (exact) mass is 362 g/mol. The summed E-state index contributed by atoms with van der Waals surface area (Å²) in [5, 5.41) is 15.5. The van der Waals surface area contributed by atoms with Crippen LogP contribution in [0.2, 0.25) is 0 Å². The van der Waals surface area contributed by atoms with Crippen LogP contribution in [0.1, 0.15) is 0 Å². The zero-order valence-corrected chi connectivity index (χ0v) is 9.96. The summed E-state index contributed by atoms with van der Waals surface area (Å²) < 4.78 is 103. The van der Waals surface area contributed by atoms with Crippen molar-refractivity contribution in [1.82, 2.24) is 0 Å². The lowest BCUT2D eigenvalue weighted by atomic mass is 10.1. The van der Waals surface area contributed by atoms with Crippen molar-refractivity contribution in [3.05, 3.63) is 0 Å². The molecule has 0 atom stereocenters. The Hall–Kier alpha value is -2.48. The Morgan fingerprint density at radius 2 is 0.783 bits per heavy atom. The maximum absolute atomic E-state index is 12.7. The Bertz CT molecular complexity index is 507. The van der Waals surface area contributed by atoms with Gasteiger partial charge in [-0.3, -0.25) is 0 Å². The number of esters is 2. The Morgan fingerprint density at radius 1 is 0.565 bits per heavy atom. The molecular weight excluding hydrogens is 360 g/mol. The number of halogens is 8. The van der Waals surface area contributed by atoms with Crippen LogP contribution in [0, 0.1) is 0 Å².